The Labute approximate surface area is 79.1 Å². The fraction of sp³-hybridized carbons (Fsp3) is 0. The maximum Gasteiger partial charge on any atom is 0.352 e. The molecule has 4 heteroatoms. The van der Waals surface area contributed by atoms with E-state index in [0.29, 0.717) is 5.75 Å². The highest BCUT2D eigenvalue weighted by atomic mass is 16.5. The number of hydrogen-bond acceptors (Lipinski definition) is 3. The minimum absolute atomic E-state index is 0.287. The summed E-state index contributed by atoms with van der Waals surface area (Å²) in [6.07, 6.45) is 4.61. The quantitative estimate of drug-likeness (QED) is 0.621. The van der Waals surface area contributed by atoms with Crippen LogP contribution in [0.5, 0.6) is 5.75 Å². The first-order chi connectivity index (χ1) is 6.86. The molecule has 1 aliphatic rings. The second-order valence-corrected chi connectivity index (χ2v) is 3.01. The fourth-order valence-corrected chi connectivity index (χ4v) is 1.58. The van der Waals surface area contributed by atoms with Crippen LogP contribution >= 0.6 is 0 Å². The van der Waals surface area contributed by atoms with Crippen molar-refractivity contribution < 1.29 is 4.74 Å². The lowest BCUT2D eigenvalue weighted by molar-refractivity contribution is 0.480. The van der Waals surface area contributed by atoms with Crippen LogP contribution in [0.4, 0.5) is 0 Å². The topological polar surface area (TPSA) is 44.1 Å². The molecule has 2 aromatic rings. The van der Waals surface area contributed by atoms with E-state index in [0.717, 1.165) is 10.9 Å². The van der Waals surface area contributed by atoms with Crippen molar-refractivity contribution in [1.82, 2.24) is 9.55 Å². The Bertz CT molecular complexity index is 599. The Morgan fingerprint density at radius 1 is 1.36 bits per heavy atom. The SMILES string of the molecule is O=c1ncc2cccc3c2n1C=CO3. The van der Waals surface area contributed by atoms with E-state index in [-0.39, 0.29) is 5.69 Å². The van der Waals surface area contributed by atoms with Crippen LogP contribution in [0.3, 0.4) is 0 Å². The molecule has 0 fully saturated rings. The van der Waals surface area contributed by atoms with Crippen molar-refractivity contribution in [3.8, 4) is 5.75 Å². The summed E-state index contributed by atoms with van der Waals surface area (Å²) < 4.78 is 6.76. The van der Waals surface area contributed by atoms with E-state index < -0.39 is 0 Å². The second-order valence-electron chi connectivity index (χ2n) is 3.01. The number of benzene rings is 1. The third-order valence-electron chi connectivity index (χ3n) is 2.20. The molecule has 1 aliphatic heterocycles. The summed E-state index contributed by atoms with van der Waals surface area (Å²) in [5.41, 5.74) is 0.486. The molecular weight excluding hydrogens is 180 g/mol. The molecule has 1 aromatic carbocycles. The van der Waals surface area contributed by atoms with Crippen LogP contribution in [-0.2, 0) is 0 Å². The van der Waals surface area contributed by atoms with Gasteiger partial charge in [-0.05, 0) is 6.07 Å². The minimum Gasteiger partial charge on any atom is -0.461 e. The van der Waals surface area contributed by atoms with E-state index in [1.54, 1.807) is 12.4 Å². The molecule has 1 aromatic heterocycles. The van der Waals surface area contributed by atoms with E-state index in [4.69, 9.17) is 4.74 Å². The molecule has 0 saturated heterocycles. The highest BCUT2D eigenvalue weighted by Crippen LogP contribution is 2.26. The van der Waals surface area contributed by atoms with E-state index in [9.17, 15) is 4.79 Å². The van der Waals surface area contributed by atoms with Crippen molar-refractivity contribution in [1.29, 1.82) is 0 Å². The van der Waals surface area contributed by atoms with E-state index in [2.05, 4.69) is 4.98 Å². The monoisotopic (exact) mass is 186 g/mol. The smallest absolute Gasteiger partial charge is 0.352 e. The standard InChI is InChI=1S/C10H6N2O2/c13-10-11-6-7-2-1-3-8-9(7)12(10)4-5-14-8/h1-6H. The Morgan fingerprint density at radius 3 is 3.21 bits per heavy atom. The first-order valence-electron chi connectivity index (χ1n) is 4.20. The molecule has 0 spiro atoms. The first kappa shape index (κ1) is 7.32. The molecule has 68 valence electrons. The number of ether oxygens (including phenoxy) is 1. The van der Waals surface area contributed by atoms with Gasteiger partial charge in [0.15, 0.2) is 5.75 Å². The molecule has 0 amide bonds. The van der Waals surface area contributed by atoms with Gasteiger partial charge in [0.25, 0.3) is 0 Å². The van der Waals surface area contributed by atoms with E-state index >= 15 is 0 Å². The van der Waals surface area contributed by atoms with E-state index in [1.807, 2.05) is 18.2 Å². The molecule has 0 unspecified atom stereocenters. The van der Waals surface area contributed by atoms with Gasteiger partial charge in [-0.2, -0.15) is 0 Å². The molecule has 0 bridgehead atoms. The molecule has 14 heavy (non-hydrogen) atoms. The molecule has 0 aliphatic carbocycles. The molecular formula is C10H6N2O2. The van der Waals surface area contributed by atoms with Crippen molar-refractivity contribution in [3.05, 3.63) is 41.1 Å². The molecule has 3 rings (SSSR count). The van der Waals surface area contributed by atoms with Crippen LogP contribution in [0.2, 0.25) is 0 Å². The predicted molar refractivity (Wildman–Crippen MR) is 52.0 cm³/mol. The van der Waals surface area contributed by atoms with Gasteiger partial charge in [-0.25, -0.2) is 9.78 Å². The zero-order chi connectivity index (χ0) is 9.54. The van der Waals surface area contributed by atoms with Gasteiger partial charge in [-0.1, -0.05) is 12.1 Å². The number of nitrogens with zero attached hydrogens (tertiary/aromatic N) is 2. The van der Waals surface area contributed by atoms with Gasteiger partial charge in [0.2, 0.25) is 0 Å². The predicted octanol–water partition coefficient (Wildman–Crippen LogP) is 1.22. The molecule has 0 radical (unpaired) electrons. The summed E-state index contributed by atoms with van der Waals surface area (Å²) in [5, 5.41) is 0.895. The Balaban J connectivity index is 2.63. The Hall–Kier alpha value is -2.10. The van der Waals surface area contributed by atoms with Gasteiger partial charge in [0.05, 0.1) is 0 Å². The van der Waals surface area contributed by atoms with Crippen LogP contribution in [0.25, 0.3) is 17.1 Å². The summed E-state index contributed by atoms with van der Waals surface area (Å²) >= 11 is 0. The lowest BCUT2D eigenvalue weighted by atomic mass is 10.2. The third-order valence-corrected chi connectivity index (χ3v) is 2.20. The largest absolute Gasteiger partial charge is 0.461 e. The third kappa shape index (κ3) is 0.821. The van der Waals surface area contributed by atoms with Crippen LogP contribution in [0.1, 0.15) is 0 Å². The van der Waals surface area contributed by atoms with Gasteiger partial charge < -0.3 is 4.74 Å². The van der Waals surface area contributed by atoms with Crippen LogP contribution in [0.15, 0.2) is 35.5 Å². The maximum atomic E-state index is 11.4. The fourth-order valence-electron chi connectivity index (χ4n) is 1.58. The Kier molecular flexibility index (Phi) is 1.28. The second kappa shape index (κ2) is 2.45. The van der Waals surface area contributed by atoms with Gasteiger partial charge in [0, 0.05) is 17.8 Å². The zero-order valence-corrected chi connectivity index (χ0v) is 7.18. The highest BCUT2D eigenvalue weighted by Gasteiger charge is 2.10. The summed E-state index contributed by atoms with van der Waals surface area (Å²) in [4.78, 5) is 15.1. The van der Waals surface area contributed by atoms with Crippen molar-refractivity contribution in [3.63, 3.8) is 0 Å². The summed E-state index contributed by atoms with van der Waals surface area (Å²) in [6, 6.07) is 5.58. The van der Waals surface area contributed by atoms with Crippen molar-refractivity contribution in [2.24, 2.45) is 0 Å². The van der Waals surface area contributed by atoms with Gasteiger partial charge in [0.1, 0.15) is 11.8 Å². The summed E-state index contributed by atoms with van der Waals surface area (Å²) in [7, 11) is 0. The van der Waals surface area contributed by atoms with Crippen LogP contribution in [-0.4, -0.2) is 9.55 Å². The van der Waals surface area contributed by atoms with E-state index in [1.165, 1.54) is 10.8 Å². The molecule has 2 heterocycles. The Morgan fingerprint density at radius 2 is 2.29 bits per heavy atom. The average molecular weight is 186 g/mol. The molecule has 0 atom stereocenters. The van der Waals surface area contributed by atoms with Crippen LogP contribution < -0.4 is 10.4 Å². The summed E-state index contributed by atoms with van der Waals surface area (Å²) in [6.45, 7) is 0. The molecule has 0 N–H and O–H groups in total. The lowest BCUT2D eigenvalue weighted by Crippen LogP contribution is -2.20. The normalized spacial score (nSPS) is 12.9. The lowest BCUT2D eigenvalue weighted by Gasteiger charge is -2.12. The average Bonchev–Trinajstić information content (AvgIpc) is 2.24. The number of rotatable bonds is 0. The highest BCUT2D eigenvalue weighted by molar-refractivity contribution is 5.86. The van der Waals surface area contributed by atoms with Crippen molar-refractivity contribution >= 4 is 17.1 Å². The zero-order valence-electron chi connectivity index (χ0n) is 7.18. The number of aromatic nitrogens is 2. The van der Waals surface area contributed by atoms with Gasteiger partial charge in [-0.3, -0.25) is 4.57 Å². The molecule has 0 saturated carbocycles. The van der Waals surface area contributed by atoms with Crippen molar-refractivity contribution in [2.45, 2.75) is 0 Å². The number of hydrogen-bond donors (Lipinski definition) is 0. The maximum absolute atomic E-state index is 11.4. The summed E-state index contributed by atoms with van der Waals surface area (Å²) in [5.74, 6) is 0.685. The molecule has 4 nitrogen and oxygen atoms in total. The van der Waals surface area contributed by atoms with Crippen molar-refractivity contribution in [2.75, 3.05) is 0 Å². The van der Waals surface area contributed by atoms with Crippen LogP contribution in [0, 0.1) is 0 Å². The minimum atomic E-state index is -0.287. The van der Waals surface area contributed by atoms with Gasteiger partial charge >= 0.3 is 5.69 Å². The first-order valence-corrected chi connectivity index (χ1v) is 4.20. The number of para-hydroxylation sites is 1. The van der Waals surface area contributed by atoms with Gasteiger partial charge in [-0.15, -0.1) is 0 Å².